The molecule has 0 amide bonds. The molecule has 0 saturated carbocycles. The van der Waals surface area contributed by atoms with Crippen LogP contribution in [0.5, 0.6) is 0 Å². The van der Waals surface area contributed by atoms with Gasteiger partial charge in [0.25, 0.3) is 0 Å². The fourth-order valence-corrected chi connectivity index (χ4v) is 2.16. The Morgan fingerprint density at radius 2 is 2.05 bits per heavy atom. The van der Waals surface area contributed by atoms with Crippen molar-refractivity contribution in [3.63, 3.8) is 0 Å². The minimum Gasteiger partial charge on any atom is -0.466 e. The number of rotatable bonds is 6. The van der Waals surface area contributed by atoms with Crippen molar-refractivity contribution in [2.45, 2.75) is 46.8 Å². The predicted molar refractivity (Wildman–Crippen MR) is 72.5 cm³/mol. The molecule has 5 heteroatoms. The van der Waals surface area contributed by atoms with Crippen molar-refractivity contribution >= 4 is 5.97 Å². The molecule has 0 bridgehead atoms. The van der Waals surface area contributed by atoms with E-state index in [1.54, 1.807) is 19.4 Å². The van der Waals surface area contributed by atoms with Crippen LogP contribution in [0.4, 0.5) is 0 Å². The number of carbonyl (C=O) groups is 1. The van der Waals surface area contributed by atoms with Gasteiger partial charge in [-0.1, -0.05) is 13.8 Å². The molecule has 0 aromatic carbocycles. The van der Waals surface area contributed by atoms with Crippen LogP contribution < -0.4 is 0 Å². The lowest BCUT2D eigenvalue weighted by molar-refractivity contribution is -0.154. The third-order valence-electron chi connectivity index (χ3n) is 3.17. The van der Waals surface area contributed by atoms with E-state index in [2.05, 4.69) is 4.98 Å². The lowest BCUT2D eigenvalue weighted by atomic mass is 9.88. The number of hydrogen-bond donors (Lipinski definition) is 1. The molecule has 0 spiro atoms. The lowest BCUT2D eigenvalue weighted by Crippen LogP contribution is -2.30. The molecule has 0 fully saturated rings. The molecule has 108 valence electrons. The Hall–Kier alpha value is -1.36. The summed E-state index contributed by atoms with van der Waals surface area (Å²) in [5.41, 5.74) is 0.654. The fraction of sp³-hybridized carbons (Fsp3) is 0.714. The Kier molecular flexibility index (Phi) is 5.54. The predicted octanol–water partition coefficient (Wildman–Crippen LogP) is 2.33. The standard InChI is InChI=1S/C14H24N2O3/c1-6-19-14(18)12(9(2)3)13(17)11-7-15-8-16(11)10(4)5/h7-10,12-13,17H,6H2,1-5H3. The Bertz CT molecular complexity index is 413. The molecule has 0 radical (unpaired) electrons. The van der Waals surface area contributed by atoms with Crippen molar-refractivity contribution in [2.75, 3.05) is 6.61 Å². The highest BCUT2D eigenvalue weighted by Crippen LogP contribution is 2.30. The number of hydrogen-bond acceptors (Lipinski definition) is 4. The number of aromatic nitrogens is 2. The molecule has 2 unspecified atom stereocenters. The van der Waals surface area contributed by atoms with E-state index in [-0.39, 0.29) is 17.9 Å². The van der Waals surface area contributed by atoms with Crippen LogP contribution in [-0.2, 0) is 9.53 Å². The van der Waals surface area contributed by atoms with Crippen LogP contribution in [0, 0.1) is 11.8 Å². The summed E-state index contributed by atoms with van der Waals surface area (Å²) in [4.78, 5) is 16.1. The van der Waals surface area contributed by atoms with Gasteiger partial charge in [-0.3, -0.25) is 4.79 Å². The number of nitrogens with zero attached hydrogens (tertiary/aromatic N) is 2. The monoisotopic (exact) mass is 268 g/mol. The first kappa shape index (κ1) is 15.7. The summed E-state index contributed by atoms with van der Waals surface area (Å²) in [5.74, 6) is -0.944. The molecule has 19 heavy (non-hydrogen) atoms. The second-order valence-corrected chi connectivity index (χ2v) is 5.29. The molecule has 0 aliphatic heterocycles. The molecule has 1 rings (SSSR count). The number of ether oxygens (including phenoxy) is 1. The van der Waals surface area contributed by atoms with Gasteiger partial charge < -0.3 is 14.4 Å². The zero-order valence-corrected chi connectivity index (χ0v) is 12.3. The van der Waals surface area contributed by atoms with Crippen LogP contribution in [0.15, 0.2) is 12.5 Å². The normalized spacial score (nSPS) is 14.7. The van der Waals surface area contributed by atoms with Gasteiger partial charge >= 0.3 is 5.97 Å². The van der Waals surface area contributed by atoms with Gasteiger partial charge in [0.05, 0.1) is 30.7 Å². The first-order valence-corrected chi connectivity index (χ1v) is 6.76. The van der Waals surface area contributed by atoms with Gasteiger partial charge in [-0.15, -0.1) is 0 Å². The van der Waals surface area contributed by atoms with E-state index in [0.29, 0.717) is 12.3 Å². The third-order valence-corrected chi connectivity index (χ3v) is 3.17. The summed E-state index contributed by atoms with van der Waals surface area (Å²) in [6.45, 7) is 9.90. The summed E-state index contributed by atoms with van der Waals surface area (Å²) in [6.07, 6.45) is 2.38. The molecular formula is C14H24N2O3. The average molecular weight is 268 g/mol. The van der Waals surface area contributed by atoms with Gasteiger partial charge in [-0.2, -0.15) is 0 Å². The van der Waals surface area contributed by atoms with E-state index >= 15 is 0 Å². The molecule has 1 aromatic heterocycles. The van der Waals surface area contributed by atoms with E-state index in [1.807, 2.05) is 32.3 Å². The maximum atomic E-state index is 12.0. The molecule has 1 heterocycles. The van der Waals surface area contributed by atoms with Crippen molar-refractivity contribution < 1.29 is 14.6 Å². The van der Waals surface area contributed by atoms with Gasteiger partial charge in [0.1, 0.15) is 6.10 Å². The summed E-state index contributed by atoms with van der Waals surface area (Å²) < 4.78 is 6.93. The SMILES string of the molecule is CCOC(=O)C(C(C)C)C(O)c1cncn1C(C)C. The van der Waals surface area contributed by atoms with Crippen LogP contribution in [0.2, 0.25) is 0 Å². The van der Waals surface area contributed by atoms with E-state index in [1.165, 1.54) is 0 Å². The molecule has 0 aliphatic rings. The molecule has 1 aromatic rings. The van der Waals surface area contributed by atoms with Crippen molar-refractivity contribution in [3.05, 3.63) is 18.2 Å². The van der Waals surface area contributed by atoms with Crippen LogP contribution in [-0.4, -0.2) is 27.2 Å². The Labute approximate surface area is 114 Å². The molecule has 0 saturated heterocycles. The Morgan fingerprint density at radius 1 is 1.42 bits per heavy atom. The summed E-state index contributed by atoms with van der Waals surface area (Å²) in [5, 5.41) is 10.5. The first-order valence-electron chi connectivity index (χ1n) is 6.76. The van der Waals surface area contributed by atoms with Gasteiger partial charge in [-0.05, 0) is 26.7 Å². The largest absolute Gasteiger partial charge is 0.466 e. The minimum absolute atomic E-state index is 0.00966. The Morgan fingerprint density at radius 3 is 2.53 bits per heavy atom. The quantitative estimate of drug-likeness (QED) is 0.804. The smallest absolute Gasteiger partial charge is 0.312 e. The molecular weight excluding hydrogens is 244 g/mol. The van der Waals surface area contributed by atoms with Crippen LogP contribution in [0.3, 0.4) is 0 Å². The van der Waals surface area contributed by atoms with E-state index < -0.39 is 12.0 Å². The van der Waals surface area contributed by atoms with Crippen molar-refractivity contribution in [3.8, 4) is 0 Å². The second-order valence-electron chi connectivity index (χ2n) is 5.29. The summed E-state index contributed by atoms with van der Waals surface area (Å²) >= 11 is 0. The van der Waals surface area contributed by atoms with Crippen molar-refractivity contribution in [2.24, 2.45) is 11.8 Å². The highest BCUT2D eigenvalue weighted by Gasteiger charge is 2.34. The van der Waals surface area contributed by atoms with E-state index in [4.69, 9.17) is 4.74 Å². The zero-order chi connectivity index (χ0) is 14.6. The van der Waals surface area contributed by atoms with Crippen LogP contribution >= 0.6 is 0 Å². The van der Waals surface area contributed by atoms with E-state index in [0.717, 1.165) is 0 Å². The fourth-order valence-electron chi connectivity index (χ4n) is 2.16. The first-order chi connectivity index (χ1) is 8.90. The number of carbonyl (C=O) groups excluding carboxylic acids is 1. The lowest BCUT2D eigenvalue weighted by Gasteiger charge is -2.26. The number of aliphatic hydroxyl groups excluding tert-OH is 1. The molecule has 1 N–H and O–H groups in total. The van der Waals surface area contributed by atoms with Crippen molar-refractivity contribution in [1.82, 2.24) is 9.55 Å². The van der Waals surface area contributed by atoms with Crippen molar-refractivity contribution in [1.29, 1.82) is 0 Å². The Balaban J connectivity index is 3.02. The maximum Gasteiger partial charge on any atom is 0.312 e. The number of imidazole rings is 1. The van der Waals surface area contributed by atoms with Gasteiger partial charge in [-0.25, -0.2) is 4.98 Å². The van der Waals surface area contributed by atoms with Gasteiger partial charge in [0, 0.05) is 6.04 Å². The number of aliphatic hydroxyl groups is 1. The van der Waals surface area contributed by atoms with Gasteiger partial charge in [0.15, 0.2) is 0 Å². The molecule has 0 aliphatic carbocycles. The van der Waals surface area contributed by atoms with Crippen LogP contribution in [0.25, 0.3) is 0 Å². The van der Waals surface area contributed by atoms with E-state index in [9.17, 15) is 9.90 Å². The maximum absolute atomic E-state index is 12.0. The van der Waals surface area contributed by atoms with Crippen LogP contribution in [0.1, 0.15) is 52.5 Å². The highest BCUT2D eigenvalue weighted by molar-refractivity contribution is 5.73. The summed E-state index contributed by atoms with van der Waals surface area (Å²) in [6, 6.07) is 0.183. The average Bonchev–Trinajstić information content (AvgIpc) is 2.77. The zero-order valence-electron chi connectivity index (χ0n) is 12.3. The molecule has 2 atom stereocenters. The molecule has 5 nitrogen and oxygen atoms in total. The number of esters is 1. The highest BCUT2D eigenvalue weighted by atomic mass is 16.5. The second kappa shape index (κ2) is 6.70. The minimum atomic E-state index is -0.899. The topological polar surface area (TPSA) is 64.3 Å². The summed E-state index contributed by atoms with van der Waals surface area (Å²) in [7, 11) is 0. The van der Waals surface area contributed by atoms with Gasteiger partial charge in [0.2, 0.25) is 0 Å². The third kappa shape index (κ3) is 3.56.